The summed E-state index contributed by atoms with van der Waals surface area (Å²) in [5, 5.41) is 21.6. The molecule has 2 aliphatic carbocycles. The van der Waals surface area contributed by atoms with E-state index >= 15 is 0 Å². The SMILES string of the molecule is CCN(CCCS(=O)(=O)O)C1=CC(=[OH+])C(=C2C(=[OH+])C(c3ccc(N(CC)CCCS(=O)(=O)O)cc3O)C2O)C=C1.[OH-].[OH-]. The van der Waals surface area contributed by atoms with Gasteiger partial charge in [-0.25, -0.2) is 0 Å². The van der Waals surface area contributed by atoms with Crippen LogP contribution in [-0.2, 0) is 20.2 Å². The summed E-state index contributed by atoms with van der Waals surface area (Å²) in [7, 11) is -8.16. The number of carbonyl (C=O) groups excluding carboxylic acids is 2. The highest BCUT2D eigenvalue weighted by Crippen LogP contribution is 2.44. The highest BCUT2D eigenvalue weighted by Gasteiger charge is 2.54. The number of allylic oxidation sites excluding steroid dienone is 4. The van der Waals surface area contributed by atoms with Crippen LogP contribution in [0.15, 0.2) is 53.3 Å². The van der Waals surface area contributed by atoms with Crippen molar-refractivity contribution in [1.82, 2.24) is 4.90 Å². The molecule has 42 heavy (non-hydrogen) atoms. The number of benzene rings is 1. The first-order chi connectivity index (χ1) is 18.7. The van der Waals surface area contributed by atoms with Gasteiger partial charge in [0, 0.05) is 49.2 Å². The van der Waals surface area contributed by atoms with E-state index < -0.39 is 32.3 Å². The molecule has 0 saturated heterocycles. The standard InChI is InChI=1S/C26H34N2O10S2.2H2O/c1-3-27(11-5-13-39(33,34)35)17-7-9-19(21(29)15-17)23-25(31)24(26(23)32)20-10-8-18(16-22(20)30)28(4-2)12-6-14-40(36,37)38;;/h7-10,15-16,23,25,29,31H,3-6,11-14H2,1-2H3,(H,33,34,35)(H,36,37,38);2*1H2. The van der Waals surface area contributed by atoms with Crippen LogP contribution >= 0.6 is 0 Å². The van der Waals surface area contributed by atoms with Crippen molar-refractivity contribution in [2.45, 2.75) is 38.7 Å². The first-order valence-electron chi connectivity index (χ1n) is 12.8. The number of nitrogens with zero attached hydrogens (tertiary/aromatic N) is 2. The molecule has 16 heteroatoms. The molecule has 0 aliphatic heterocycles. The fourth-order valence-corrected chi connectivity index (χ4v) is 5.89. The molecule has 1 saturated carbocycles. The smallest absolute Gasteiger partial charge is 0.349 e. The average Bonchev–Trinajstić information content (AvgIpc) is 2.86. The van der Waals surface area contributed by atoms with Gasteiger partial charge in [0.05, 0.1) is 28.7 Å². The Morgan fingerprint density at radius 1 is 0.881 bits per heavy atom. The molecule has 236 valence electrons. The Hall–Kier alpha value is -3.12. The van der Waals surface area contributed by atoms with Gasteiger partial charge in [0.25, 0.3) is 20.2 Å². The normalized spacial score (nSPS) is 20.3. The predicted molar refractivity (Wildman–Crippen MR) is 156 cm³/mol. The van der Waals surface area contributed by atoms with Crippen molar-refractivity contribution < 1.29 is 56.7 Å². The Labute approximate surface area is 244 Å². The van der Waals surface area contributed by atoms with Crippen molar-refractivity contribution in [1.29, 1.82) is 0 Å². The number of hydrogen-bond donors (Lipinski definition) is 4. The average molecular weight is 635 g/mol. The molecule has 14 nitrogen and oxygen atoms in total. The van der Waals surface area contributed by atoms with Crippen molar-refractivity contribution in [2.24, 2.45) is 0 Å². The van der Waals surface area contributed by atoms with E-state index in [9.17, 15) is 36.6 Å². The lowest BCUT2D eigenvalue weighted by Gasteiger charge is -2.32. The molecule has 2 atom stereocenters. The van der Waals surface area contributed by atoms with Gasteiger partial charge >= 0.3 is 11.6 Å². The number of aliphatic hydroxyl groups excluding tert-OH is 1. The second-order valence-electron chi connectivity index (χ2n) is 9.60. The number of anilines is 1. The lowest BCUT2D eigenvalue weighted by Crippen LogP contribution is -2.45. The number of likely N-dealkylation sites (N-methyl/N-ethyl adjacent to an activating group) is 1. The Balaban J connectivity index is 0.00000441. The summed E-state index contributed by atoms with van der Waals surface area (Å²) in [5.74, 6) is -2.29. The first kappa shape index (κ1) is 36.9. The summed E-state index contributed by atoms with van der Waals surface area (Å²) >= 11 is 0. The third-order valence-corrected chi connectivity index (χ3v) is 8.57. The number of phenolic OH excluding ortho intramolecular Hbond substituents is 1. The van der Waals surface area contributed by atoms with Gasteiger partial charge in [0.15, 0.2) is 0 Å². The maximum absolute atomic E-state index is 11.0. The summed E-state index contributed by atoms with van der Waals surface area (Å²) in [6.07, 6.45) is 3.80. The van der Waals surface area contributed by atoms with E-state index in [2.05, 4.69) is 0 Å². The zero-order valence-electron chi connectivity index (χ0n) is 23.2. The van der Waals surface area contributed by atoms with Gasteiger partial charge in [0.2, 0.25) is 0 Å². The van der Waals surface area contributed by atoms with Crippen LogP contribution in [0.25, 0.3) is 0 Å². The molecule has 8 N–H and O–H groups in total. The van der Waals surface area contributed by atoms with E-state index in [1.54, 1.807) is 18.2 Å². The van der Waals surface area contributed by atoms with Gasteiger partial charge < -0.3 is 31.0 Å². The number of phenols is 1. The minimum atomic E-state index is -4.08. The lowest BCUT2D eigenvalue weighted by atomic mass is 9.68. The van der Waals surface area contributed by atoms with Crippen molar-refractivity contribution in [3.05, 3.63) is 58.8 Å². The summed E-state index contributed by atoms with van der Waals surface area (Å²) in [6, 6.07) is 4.70. The van der Waals surface area contributed by atoms with Crippen LogP contribution in [0.5, 0.6) is 5.75 Å². The van der Waals surface area contributed by atoms with Crippen LogP contribution in [-0.4, -0.2) is 117 Å². The van der Waals surface area contributed by atoms with Gasteiger partial charge in [0.1, 0.15) is 17.8 Å². The van der Waals surface area contributed by atoms with E-state index in [4.69, 9.17) is 9.11 Å². The molecule has 2 unspecified atom stereocenters. The fourth-order valence-electron chi connectivity index (χ4n) is 4.91. The maximum atomic E-state index is 11.0. The number of rotatable bonds is 13. The van der Waals surface area contributed by atoms with Crippen LogP contribution < -0.4 is 4.90 Å². The van der Waals surface area contributed by atoms with Crippen LogP contribution in [0.4, 0.5) is 5.69 Å². The number of hydrogen-bond acceptors (Lipinski definition) is 10. The number of aliphatic hydroxyl groups is 1. The lowest BCUT2D eigenvalue weighted by molar-refractivity contribution is 0.178. The van der Waals surface area contributed by atoms with Crippen LogP contribution in [0.2, 0.25) is 0 Å². The molecule has 1 fully saturated rings. The second-order valence-corrected chi connectivity index (χ2v) is 12.7. The highest BCUT2D eigenvalue weighted by molar-refractivity contribution is 7.86. The molecule has 0 radical (unpaired) electrons. The molecule has 2 aliphatic rings. The van der Waals surface area contributed by atoms with E-state index in [1.807, 2.05) is 23.6 Å². The van der Waals surface area contributed by atoms with Gasteiger partial charge in [-0.15, -0.1) is 0 Å². The summed E-state index contributed by atoms with van der Waals surface area (Å²) in [6.45, 7) is 5.36. The number of aromatic hydroxyl groups is 1. The monoisotopic (exact) mass is 634 g/mol. The first-order valence-corrected chi connectivity index (χ1v) is 16.1. The van der Waals surface area contributed by atoms with E-state index in [0.717, 1.165) is 0 Å². The quantitative estimate of drug-likeness (QED) is 0.135. The molecule has 0 aromatic heterocycles. The van der Waals surface area contributed by atoms with E-state index in [1.165, 1.54) is 18.2 Å². The largest absolute Gasteiger partial charge is 0.870 e. The maximum Gasteiger partial charge on any atom is 0.349 e. The zero-order chi connectivity index (χ0) is 29.8. The van der Waals surface area contributed by atoms with Gasteiger partial charge in [-0.2, -0.15) is 16.8 Å². The molecule has 0 bridgehead atoms. The van der Waals surface area contributed by atoms with Gasteiger partial charge in [-0.3, -0.25) is 18.7 Å². The fraction of sp³-hybridized carbons (Fsp3) is 0.462. The van der Waals surface area contributed by atoms with E-state index in [0.29, 0.717) is 37.6 Å². The summed E-state index contributed by atoms with van der Waals surface area (Å²) in [5.41, 5.74) is 1.80. The molecule has 1 aromatic rings. The third-order valence-electron chi connectivity index (χ3n) is 6.96. The van der Waals surface area contributed by atoms with Crippen molar-refractivity contribution in [3.8, 4) is 5.75 Å². The molecular formula is C26H38N2O12S2. The second kappa shape index (κ2) is 14.9. The Morgan fingerprint density at radius 2 is 1.43 bits per heavy atom. The Bertz CT molecular complexity index is 1470. The molecule has 0 amide bonds. The zero-order valence-corrected chi connectivity index (χ0v) is 24.8. The summed E-state index contributed by atoms with van der Waals surface area (Å²) in [4.78, 5) is 25.2. The number of ketones is 2. The van der Waals surface area contributed by atoms with Gasteiger partial charge in [-0.1, -0.05) is 6.07 Å². The molecular weight excluding hydrogens is 596 g/mol. The Kier molecular flexibility index (Phi) is 13.1. The molecule has 0 heterocycles. The molecule has 0 spiro atoms. The minimum absolute atomic E-state index is 0. The van der Waals surface area contributed by atoms with Crippen LogP contribution in [0, 0.1) is 0 Å². The van der Waals surface area contributed by atoms with E-state index in [-0.39, 0.29) is 69.3 Å². The van der Waals surface area contributed by atoms with Crippen molar-refractivity contribution in [3.63, 3.8) is 0 Å². The van der Waals surface area contributed by atoms with Crippen LogP contribution in [0.1, 0.15) is 38.2 Å². The minimum Gasteiger partial charge on any atom is -0.870 e. The topological polar surface area (TPSA) is 258 Å². The van der Waals surface area contributed by atoms with Crippen molar-refractivity contribution in [2.75, 3.05) is 42.6 Å². The summed E-state index contributed by atoms with van der Waals surface area (Å²) < 4.78 is 61.9. The van der Waals surface area contributed by atoms with Crippen molar-refractivity contribution >= 4 is 37.5 Å². The predicted octanol–water partition coefficient (Wildman–Crippen LogP) is 1.04. The molecule has 3 rings (SSSR count). The van der Waals surface area contributed by atoms with Crippen LogP contribution in [0.3, 0.4) is 0 Å². The third kappa shape index (κ3) is 8.94. The Morgan fingerprint density at radius 3 is 1.88 bits per heavy atom. The van der Waals surface area contributed by atoms with Gasteiger partial charge in [-0.05, 0) is 44.9 Å². The molecule has 1 aromatic carbocycles. The highest BCUT2D eigenvalue weighted by atomic mass is 32.2.